The summed E-state index contributed by atoms with van der Waals surface area (Å²) in [6, 6.07) is 12.2. The van der Waals surface area contributed by atoms with Gasteiger partial charge in [-0.2, -0.15) is 5.10 Å². The van der Waals surface area contributed by atoms with Crippen LogP contribution in [0.5, 0.6) is 17.2 Å². The first-order chi connectivity index (χ1) is 13.6. The number of halogens is 1. The number of methoxy groups -OCH3 is 3. The Morgan fingerprint density at radius 2 is 1.86 bits per heavy atom. The maximum atomic E-state index is 12.7. The van der Waals surface area contributed by atoms with E-state index in [9.17, 15) is 4.79 Å². The summed E-state index contributed by atoms with van der Waals surface area (Å²) in [6.45, 7) is 0.390. The summed E-state index contributed by atoms with van der Waals surface area (Å²) in [4.78, 5) is 12.7. The third kappa shape index (κ3) is 4.04. The Kier molecular flexibility index (Phi) is 6.06. The molecule has 0 aliphatic rings. The Balaban J connectivity index is 1.85. The molecule has 3 rings (SSSR count). The molecule has 1 heterocycles. The molecule has 0 fully saturated rings. The van der Waals surface area contributed by atoms with Gasteiger partial charge in [-0.25, -0.2) is 4.68 Å². The number of hydrogen-bond acceptors (Lipinski definition) is 5. The maximum Gasteiger partial charge on any atom is 0.260 e. The van der Waals surface area contributed by atoms with E-state index < -0.39 is 0 Å². The number of benzene rings is 2. The van der Waals surface area contributed by atoms with Crippen LogP contribution in [0.15, 0.2) is 48.7 Å². The maximum absolute atomic E-state index is 12.7. The molecule has 0 spiro atoms. The summed E-state index contributed by atoms with van der Waals surface area (Å²) in [6.07, 6.45) is 1.61. The van der Waals surface area contributed by atoms with E-state index in [0.29, 0.717) is 40.2 Å². The van der Waals surface area contributed by atoms with Crippen molar-refractivity contribution in [3.05, 3.63) is 64.8 Å². The highest BCUT2D eigenvalue weighted by Crippen LogP contribution is 2.31. The van der Waals surface area contributed by atoms with Crippen molar-refractivity contribution in [3.8, 4) is 17.2 Å². The summed E-state index contributed by atoms with van der Waals surface area (Å²) >= 11 is 5.96. The first kappa shape index (κ1) is 19.6. The average molecular weight is 402 g/mol. The highest BCUT2D eigenvalue weighted by molar-refractivity contribution is 6.31. The van der Waals surface area contributed by atoms with Crippen LogP contribution in [0, 0.1) is 0 Å². The fourth-order valence-electron chi connectivity index (χ4n) is 2.84. The minimum atomic E-state index is -0.326. The van der Waals surface area contributed by atoms with Crippen LogP contribution in [-0.4, -0.2) is 37.0 Å². The van der Waals surface area contributed by atoms with Crippen molar-refractivity contribution in [1.29, 1.82) is 0 Å². The summed E-state index contributed by atoms with van der Waals surface area (Å²) in [5.41, 5.74) is 1.24. The second-order valence-electron chi connectivity index (χ2n) is 5.83. The molecule has 0 saturated heterocycles. The molecule has 3 aromatic rings. The minimum absolute atomic E-state index is 0.326. The van der Waals surface area contributed by atoms with Gasteiger partial charge in [0.25, 0.3) is 5.91 Å². The lowest BCUT2D eigenvalue weighted by molar-refractivity contribution is 0.102. The summed E-state index contributed by atoms with van der Waals surface area (Å²) in [5.74, 6) is 1.85. The lowest BCUT2D eigenvalue weighted by Crippen LogP contribution is -2.17. The summed E-state index contributed by atoms with van der Waals surface area (Å²) in [5, 5.41) is 7.64. The van der Waals surface area contributed by atoms with Gasteiger partial charge in [0.2, 0.25) is 0 Å². The molecule has 0 atom stereocenters. The Morgan fingerprint density at radius 3 is 2.57 bits per heavy atom. The fourth-order valence-corrected chi connectivity index (χ4v) is 3.00. The van der Waals surface area contributed by atoms with E-state index in [1.54, 1.807) is 49.4 Å². The molecule has 7 nitrogen and oxygen atoms in total. The molecule has 28 heavy (non-hydrogen) atoms. The average Bonchev–Trinajstić information content (AvgIpc) is 3.13. The SMILES string of the molecule is COc1cc(Cl)ccc1C(=O)Nc1ccnn1Cc1cccc(OC)c1OC. The quantitative estimate of drug-likeness (QED) is 0.650. The van der Waals surface area contributed by atoms with Gasteiger partial charge >= 0.3 is 0 Å². The summed E-state index contributed by atoms with van der Waals surface area (Å²) < 4.78 is 17.7. The van der Waals surface area contributed by atoms with E-state index in [-0.39, 0.29) is 5.91 Å². The van der Waals surface area contributed by atoms with Gasteiger partial charge in [0.15, 0.2) is 11.5 Å². The number of hydrogen-bond donors (Lipinski definition) is 1. The standard InChI is InChI=1S/C20H20ClN3O4/c1-26-16-6-4-5-13(19(16)28-3)12-24-18(9-10-22-24)23-20(25)15-8-7-14(21)11-17(15)27-2/h4-11H,12H2,1-3H3,(H,23,25). The highest BCUT2D eigenvalue weighted by Gasteiger charge is 2.16. The Morgan fingerprint density at radius 1 is 1.07 bits per heavy atom. The molecule has 0 aliphatic carbocycles. The molecule has 1 amide bonds. The Hall–Kier alpha value is -3.19. The van der Waals surface area contributed by atoms with E-state index in [0.717, 1.165) is 5.56 Å². The molecule has 2 aromatic carbocycles. The van der Waals surface area contributed by atoms with Crippen LogP contribution in [-0.2, 0) is 6.54 Å². The highest BCUT2D eigenvalue weighted by atomic mass is 35.5. The molecule has 1 aromatic heterocycles. The van der Waals surface area contributed by atoms with Gasteiger partial charge < -0.3 is 19.5 Å². The van der Waals surface area contributed by atoms with Gasteiger partial charge in [0.05, 0.1) is 39.6 Å². The van der Waals surface area contributed by atoms with Gasteiger partial charge in [0.1, 0.15) is 11.6 Å². The van der Waals surface area contributed by atoms with Crippen molar-refractivity contribution in [2.24, 2.45) is 0 Å². The smallest absolute Gasteiger partial charge is 0.260 e. The number of carbonyl (C=O) groups is 1. The van der Waals surface area contributed by atoms with Crippen LogP contribution >= 0.6 is 11.6 Å². The molecule has 0 radical (unpaired) electrons. The number of aromatic nitrogens is 2. The fraction of sp³-hybridized carbons (Fsp3) is 0.200. The van der Waals surface area contributed by atoms with Crippen LogP contribution < -0.4 is 19.5 Å². The first-order valence-corrected chi connectivity index (χ1v) is 8.81. The van der Waals surface area contributed by atoms with Gasteiger partial charge in [0, 0.05) is 16.7 Å². The molecule has 0 saturated carbocycles. The van der Waals surface area contributed by atoms with E-state index in [4.69, 9.17) is 25.8 Å². The zero-order valence-electron chi connectivity index (χ0n) is 15.7. The number of nitrogens with one attached hydrogen (secondary N) is 1. The molecular weight excluding hydrogens is 382 g/mol. The second-order valence-corrected chi connectivity index (χ2v) is 6.26. The van der Waals surface area contributed by atoms with Crippen molar-refractivity contribution < 1.29 is 19.0 Å². The Labute approximate surface area is 167 Å². The van der Waals surface area contributed by atoms with Crippen LogP contribution in [0.2, 0.25) is 5.02 Å². The summed E-state index contributed by atoms with van der Waals surface area (Å²) in [7, 11) is 4.66. The second kappa shape index (κ2) is 8.67. The van der Waals surface area contributed by atoms with Crippen LogP contribution in [0.4, 0.5) is 5.82 Å². The predicted molar refractivity (Wildman–Crippen MR) is 107 cm³/mol. The van der Waals surface area contributed by atoms with Crippen molar-refractivity contribution in [3.63, 3.8) is 0 Å². The molecule has 0 aliphatic heterocycles. The van der Waals surface area contributed by atoms with Crippen LogP contribution in [0.3, 0.4) is 0 Å². The first-order valence-electron chi connectivity index (χ1n) is 8.44. The van der Waals surface area contributed by atoms with E-state index in [1.807, 2.05) is 18.2 Å². The molecule has 0 bridgehead atoms. The number of amides is 1. The Bertz CT molecular complexity index is 987. The minimum Gasteiger partial charge on any atom is -0.496 e. The van der Waals surface area contributed by atoms with E-state index in [2.05, 4.69) is 10.4 Å². The van der Waals surface area contributed by atoms with Crippen molar-refractivity contribution in [1.82, 2.24) is 9.78 Å². The third-order valence-electron chi connectivity index (χ3n) is 4.17. The number of ether oxygens (including phenoxy) is 3. The van der Waals surface area contributed by atoms with Crippen LogP contribution in [0.1, 0.15) is 15.9 Å². The normalized spacial score (nSPS) is 10.4. The zero-order valence-corrected chi connectivity index (χ0v) is 16.5. The number of rotatable bonds is 7. The van der Waals surface area contributed by atoms with E-state index >= 15 is 0 Å². The van der Waals surface area contributed by atoms with Crippen molar-refractivity contribution >= 4 is 23.3 Å². The molecule has 146 valence electrons. The molecular formula is C20H20ClN3O4. The van der Waals surface area contributed by atoms with Crippen LogP contribution in [0.25, 0.3) is 0 Å². The number of para-hydroxylation sites is 1. The third-order valence-corrected chi connectivity index (χ3v) is 4.41. The van der Waals surface area contributed by atoms with Gasteiger partial charge in [-0.3, -0.25) is 4.79 Å². The van der Waals surface area contributed by atoms with Gasteiger partial charge in [-0.1, -0.05) is 23.7 Å². The lowest BCUT2D eigenvalue weighted by atomic mass is 10.2. The van der Waals surface area contributed by atoms with Gasteiger partial charge in [-0.15, -0.1) is 0 Å². The predicted octanol–water partition coefficient (Wildman–Crippen LogP) is 3.86. The van der Waals surface area contributed by atoms with Crippen molar-refractivity contribution in [2.75, 3.05) is 26.6 Å². The van der Waals surface area contributed by atoms with E-state index in [1.165, 1.54) is 7.11 Å². The molecule has 1 N–H and O–H groups in total. The number of anilines is 1. The van der Waals surface area contributed by atoms with Gasteiger partial charge in [-0.05, 0) is 24.3 Å². The monoisotopic (exact) mass is 401 g/mol. The molecule has 0 unspecified atom stereocenters. The topological polar surface area (TPSA) is 74.6 Å². The van der Waals surface area contributed by atoms with Crippen molar-refractivity contribution in [2.45, 2.75) is 6.54 Å². The molecule has 8 heteroatoms. The largest absolute Gasteiger partial charge is 0.496 e. The lowest BCUT2D eigenvalue weighted by Gasteiger charge is -2.14. The number of nitrogens with zero attached hydrogens (tertiary/aromatic N) is 2. The zero-order chi connectivity index (χ0) is 20.1. The number of carbonyl (C=O) groups excluding carboxylic acids is 1.